The van der Waals surface area contributed by atoms with Gasteiger partial charge < -0.3 is 19.9 Å². The Morgan fingerprint density at radius 2 is 2.29 bits per heavy atom. The van der Waals surface area contributed by atoms with Crippen LogP contribution in [-0.2, 0) is 16.1 Å². The quantitative estimate of drug-likeness (QED) is 0.583. The molecule has 0 fully saturated rings. The summed E-state index contributed by atoms with van der Waals surface area (Å²) in [6.45, 7) is -0.635. The summed E-state index contributed by atoms with van der Waals surface area (Å²) < 4.78 is 5.08. The third-order valence-electron chi connectivity index (χ3n) is 2.53. The van der Waals surface area contributed by atoms with Gasteiger partial charge in [-0.15, -0.1) is 10.2 Å². The number of amides is 1. The smallest absolute Gasteiger partial charge is 0.326 e. The van der Waals surface area contributed by atoms with Crippen LogP contribution in [0.2, 0.25) is 0 Å². The van der Waals surface area contributed by atoms with Crippen molar-refractivity contribution in [3.63, 3.8) is 0 Å². The number of rotatable bonds is 7. The van der Waals surface area contributed by atoms with Gasteiger partial charge in [0.25, 0.3) is 0 Å². The monoisotopic (exact) mass is 295 g/mol. The van der Waals surface area contributed by atoms with Crippen molar-refractivity contribution in [3.05, 3.63) is 18.4 Å². The number of tetrazole rings is 1. The van der Waals surface area contributed by atoms with E-state index in [-0.39, 0.29) is 25.4 Å². The van der Waals surface area contributed by atoms with Gasteiger partial charge in [-0.2, -0.15) is 4.80 Å². The van der Waals surface area contributed by atoms with E-state index in [0.717, 1.165) is 4.80 Å². The maximum Gasteiger partial charge on any atom is 0.326 e. The predicted octanol–water partition coefficient (Wildman–Crippen LogP) is -1.12. The Morgan fingerprint density at radius 1 is 1.48 bits per heavy atom. The van der Waals surface area contributed by atoms with E-state index in [1.54, 1.807) is 12.1 Å². The molecule has 1 atom stereocenters. The molecule has 2 rings (SSSR count). The molecule has 0 radical (unpaired) electrons. The lowest BCUT2D eigenvalue weighted by Gasteiger charge is -2.12. The molecule has 21 heavy (non-hydrogen) atoms. The topological polar surface area (TPSA) is 143 Å². The lowest BCUT2D eigenvalue weighted by atomic mass is 10.2. The van der Waals surface area contributed by atoms with E-state index >= 15 is 0 Å². The summed E-state index contributed by atoms with van der Waals surface area (Å²) in [4.78, 5) is 23.6. The first-order valence-electron chi connectivity index (χ1n) is 6.05. The van der Waals surface area contributed by atoms with Gasteiger partial charge in [-0.1, -0.05) is 0 Å². The highest BCUT2D eigenvalue weighted by Gasteiger charge is 2.20. The lowest BCUT2D eigenvalue weighted by molar-refractivity contribution is -0.142. The number of hydrogen-bond acceptors (Lipinski definition) is 7. The molecule has 2 aromatic rings. The fraction of sp³-hybridized carbons (Fsp3) is 0.364. The number of nitrogens with zero attached hydrogens (tertiary/aromatic N) is 4. The van der Waals surface area contributed by atoms with Gasteiger partial charge in [0.2, 0.25) is 11.7 Å². The summed E-state index contributed by atoms with van der Waals surface area (Å²) in [6, 6.07) is 2.15. The van der Waals surface area contributed by atoms with Crippen LogP contribution < -0.4 is 5.32 Å². The predicted molar refractivity (Wildman–Crippen MR) is 66.8 cm³/mol. The summed E-state index contributed by atoms with van der Waals surface area (Å²) in [7, 11) is 0. The molecule has 0 aliphatic rings. The molecule has 0 bridgehead atoms. The van der Waals surface area contributed by atoms with Gasteiger partial charge in [0, 0.05) is 13.0 Å². The Bertz CT molecular complexity index is 608. The molecular formula is C11H13N5O5. The van der Waals surface area contributed by atoms with Gasteiger partial charge in [0.15, 0.2) is 5.76 Å². The number of furan rings is 1. The number of carbonyl (C=O) groups is 2. The van der Waals surface area contributed by atoms with Gasteiger partial charge in [0.05, 0.1) is 6.26 Å². The Labute approximate surface area is 118 Å². The fourth-order valence-corrected chi connectivity index (χ4v) is 1.57. The average molecular weight is 295 g/mol. The molecule has 2 heterocycles. The van der Waals surface area contributed by atoms with Crippen molar-refractivity contribution in [1.29, 1.82) is 0 Å². The first-order chi connectivity index (χ1) is 10.1. The fourth-order valence-electron chi connectivity index (χ4n) is 1.57. The molecule has 112 valence electrons. The van der Waals surface area contributed by atoms with Crippen LogP contribution in [0.5, 0.6) is 0 Å². The average Bonchev–Trinajstić information content (AvgIpc) is 3.08. The number of nitrogens with one attached hydrogen (secondary N) is 1. The Kier molecular flexibility index (Phi) is 4.61. The Balaban J connectivity index is 1.95. The molecule has 0 spiro atoms. The van der Waals surface area contributed by atoms with Crippen LogP contribution in [0, 0.1) is 0 Å². The highest BCUT2D eigenvalue weighted by molar-refractivity contribution is 5.83. The summed E-state index contributed by atoms with van der Waals surface area (Å²) >= 11 is 0. The van der Waals surface area contributed by atoms with Crippen LogP contribution in [0.15, 0.2) is 22.8 Å². The third kappa shape index (κ3) is 3.86. The summed E-state index contributed by atoms with van der Waals surface area (Å²) in [5.41, 5.74) is 0. The second-order valence-corrected chi connectivity index (χ2v) is 4.09. The van der Waals surface area contributed by atoms with E-state index < -0.39 is 17.9 Å². The summed E-state index contributed by atoms with van der Waals surface area (Å²) in [6.07, 6.45) is 1.37. The highest BCUT2D eigenvalue weighted by atomic mass is 16.4. The maximum absolute atomic E-state index is 11.7. The van der Waals surface area contributed by atoms with Gasteiger partial charge in [-0.25, -0.2) is 4.79 Å². The van der Waals surface area contributed by atoms with E-state index in [9.17, 15) is 9.59 Å². The molecule has 1 amide bonds. The number of aliphatic carboxylic acids is 1. The van der Waals surface area contributed by atoms with Crippen LogP contribution in [0.1, 0.15) is 6.42 Å². The first-order valence-corrected chi connectivity index (χ1v) is 6.05. The van der Waals surface area contributed by atoms with Crippen molar-refractivity contribution in [2.75, 3.05) is 6.61 Å². The largest absolute Gasteiger partial charge is 0.480 e. The molecule has 1 unspecified atom stereocenters. The molecule has 0 aliphatic heterocycles. The summed E-state index contributed by atoms with van der Waals surface area (Å²) in [5.74, 6) is -1.19. The number of aromatic nitrogens is 4. The van der Waals surface area contributed by atoms with Crippen molar-refractivity contribution in [3.8, 4) is 11.6 Å². The maximum atomic E-state index is 11.7. The van der Waals surface area contributed by atoms with Gasteiger partial charge in [-0.3, -0.25) is 4.79 Å². The minimum absolute atomic E-state index is 0.0799. The number of aliphatic hydroxyl groups excluding tert-OH is 1. The molecule has 0 saturated carbocycles. The molecule has 3 N–H and O–H groups in total. The van der Waals surface area contributed by atoms with Gasteiger partial charge in [-0.05, 0) is 17.3 Å². The normalized spacial score (nSPS) is 12.0. The standard InChI is InChI=1S/C11H13N5O5/c17-4-3-7(11(19)20)12-9(18)6-16-14-10(13-15-16)8-2-1-5-21-8/h1-2,5,7,17H,3-4,6H2,(H,12,18)(H,19,20). The third-order valence-corrected chi connectivity index (χ3v) is 2.53. The van der Waals surface area contributed by atoms with E-state index in [2.05, 4.69) is 20.7 Å². The molecule has 0 aromatic carbocycles. The van der Waals surface area contributed by atoms with Gasteiger partial charge in [0.1, 0.15) is 12.6 Å². The zero-order chi connectivity index (χ0) is 15.2. The lowest BCUT2D eigenvalue weighted by Crippen LogP contribution is -2.43. The van der Waals surface area contributed by atoms with Crippen LogP contribution in [0.4, 0.5) is 0 Å². The van der Waals surface area contributed by atoms with E-state index in [1.165, 1.54) is 6.26 Å². The minimum atomic E-state index is -1.22. The van der Waals surface area contributed by atoms with Gasteiger partial charge >= 0.3 is 5.97 Å². The van der Waals surface area contributed by atoms with Crippen LogP contribution in [-0.4, -0.2) is 54.9 Å². The van der Waals surface area contributed by atoms with E-state index in [0.29, 0.717) is 5.76 Å². The Hall–Kier alpha value is -2.75. The number of hydrogen-bond donors (Lipinski definition) is 3. The van der Waals surface area contributed by atoms with Crippen molar-refractivity contribution in [2.24, 2.45) is 0 Å². The van der Waals surface area contributed by atoms with E-state index in [4.69, 9.17) is 14.6 Å². The molecular weight excluding hydrogens is 282 g/mol. The zero-order valence-corrected chi connectivity index (χ0v) is 10.8. The van der Waals surface area contributed by atoms with Crippen LogP contribution in [0.25, 0.3) is 11.6 Å². The Morgan fingerprint density at radius 3 is 2.90 bits per heavy atom. The molecule has 0 saturated heterocycles. The van der Waals surface area contributed by atoms with E-state index in [1.807, 2.05) is 0 Å². The second-order valence-electron chi connectivity index (χ2n) is 4.09. The molecule has 10 nitrogen and oxygen atoms in total. The number of carbonyl (C=O) groups excluding carboxylic acids is 1. The SMILES string of the molecule is O=C(Cn1nnc(-c2ccco2)n1)NC(CCO)C(=O)O. The van der Waals surface area contributed by atoms with Crippen molar-refractivity contribution >= 4 is 11.9 Å². The highest BCUT2D eigenvalue weighted by Crippen LogP contribution is 2.12. The minimum Gasteiger partial charge on any atom is -0.480 e. The second kappa shape index (κ2) is 6.61. The van der Waals surface area contributed by atoms with Crippen molar-refractivity contribution in [2.45, 2.75) is 19.0 Å². The first kappa shape index (κ1) is 14.7. The molecule has 0 aliphatic carbocycles. The molecule has 10 heteroatoms. The number of aliphatic hydroxyl groups is 1. The van der Waals surface area contributed by atoms with Crippen molar-refractivity contribution in [1.82, 2.24) is 25.5 Å². The summed E-state index contributed by atoms with van der Waals surface area (Å²) in [5, 5.41) is 31.2. The van der Waals surface area contributed by atoms with Crippen LogP contribution in [0.3, 0.4) is 0 Å². The number of carboxylic acids is 1. The van der Waals surface area contributed by atoms with Crippen LogP contribution >= 0.6 is 0 Å². The number of carboxylic acid groups (broad SMARTS) is 1. The zero-order valence-electron chi connectivity index (χ0n) is 10.8. The molecule has 2 aromatic heterocycles. The van der Waals surface area contributed by atoms with Crippen molar-refractivity contribution < 1.29 is 24.2 Å².